The van der Waals surface area contributed by atoms with E-state index < -0.39 is 0 Å². The van der Waals surface area contributed by atoms with Crippen LogP contribution in [0.1, 0.15) is 30.2 Å². The van der Waals surface area contributed by atoms with Gasteiger partial charge in [-0.1, -0.05) is 19.9 Å². The molecule has 8 nitrogen and oxygen atoms in total. The first-order valence-electron chi connectivity index (χ1n) is 9.45. The van der Waals surface area contributed by atoms with Crippen LogP contribution in [0.5, 0.6) is 11.5 Å². The van der Waals surface area contributed by atoms with Crippen molar-refractivity contribution in [2.75, 3.05) is 18.7 Å². The molecule has 3 heterocycles. The molecule has 2 N–H and O–H groups in total. The fraction of sp³-hybridized carbons (Fsp3) is 0.286. The third-order valence-electron chi connectivity index (χ3n) is 4.49. The minimum absolute atomic E-state index is 0.167. The molecule has 0 saturated carbocycles. The summed E-state index contributed by atoms with van der Waals surface area (Å²) in [6.07, 6.45) is 2.65. The first kappa shape index (κ1) is 18.8. The maximum atomic E-state index is 12.7. The van der Waals surface area contributed by atoms with Gasteiger partial charge in [0.25, 0.3) is 5.91 Å². The van der Waals surface area contributed by atoms with Gasteiger partial charge in [-0.05, 0) is 30.2 Å². The summed E-state index contributed by atoms with van der Waals surface area (Å²) in [6, 6.07) is 10.7. The summed E-state index contributed by atoms with van der Waals surface area (Å²) < 4.78 is 12.5. The number of pyridine rings is 1. The second-order valence-corrected chi connectivity index (χ2v) is 7.23. The highest BCUT2D eigenvalue weighted by atomic mass is 16.7. The highest BCUT2D eigenvalue weighted by Gasteiger charge is 2.19. The molecule has 0 fully saturated rings. The molecule has 1 aromatic carbocycles. The molecule has 0 spiro atoms. The number of anilines is 1. The Kier molecular flexibility index (Phi) is 5.07. The van der Waals surface area contributed by atoms with Crippen LogP contribution in [0.15, 0.2) is 42.6 Å². The lowest BCUT2D eigenvalue weighted by Gasteiger charge is -2.07. The van der Waals surface area contributed by atoms with Crippen molar-refractivity contribution in [2.45, 2.75) is 20.3 Å². The maximum absolute atomic E-state index is 12.7. The average Bonchev–Trinajstić information content (AvgIpc) is 3.30. The van der Waals surface area contributed by atoms with Gasteiger partial charge in [-0.15, -0.1) is 0 Å². The second-order valence-electron chi connectivity index (χ2n) is 7.23. The Morgan fingerprint density at radius 3 is 2.83 bits per heavy atom. The normalized spacial score (nSPS) is 12.4. The Morgan fingerprint density at radius 2 is 2.00 bits per heavy atom. The molecule has 0 unspecified atom stereocenters. The Bertz CT molecular complexity index is 1070. The maximum Gasteiger partial charge on any atom is 0.272 e. The second kappa shape index (κ2) is 7.83. The molecule has 8 heteroatoms. The first-order chi connectivity index (χ1) is 14.0. The van der Waals surface area contributed by atoms with Crippen molar-refractivity contribution in [3.05, 3.63) is 54.1 Å². The van der Waals surface area contributed by atoms with E-state index in [1.807, 2.05) is 28.8 Å². The molecule has 3 aromatic rings. The number of imidazole rings is 1. The third kappa shape index (κ3) is 4.01. The van der Waals surface area contributed by atoms with Crippen molar-refractivity contribution >= 4 is 23.0 Å². The highest BCUT2D eigenvalue weighted by molar-refractivity contribution is 6.02. The quantitative estimate of drug-likeness (QED) is 0.670. The largest absolute Gasteiger partial charge is 0.454 e. The molecule has 0 atom stereocenters. The van der Waals surface area contributed by atoms with E-state index >= 15 is 0 Å². The number of fused-ring (bicyclic) bond motifs is 2. The standard InChI is InChI=1S/C21H22N4O4/c1-13(2)9-18-24-20(15-5-3-4-8-25(15)18)21(27)22-11-19(26)23-14-6-7-16-17(10-14)29-12-28-16/h3-8,10,13H,9,11-12H2,1-2H3,(H,22,27)(H,23,26). The minimum Gasteiger partial charge on any atom is -0.454 e. The fourth-order valence-electron chi connectivity index (χ4n) is 3.20. The van der Waals surface area contributed by atoms with Crippen molar-refractivity contribution in [1.82, 2.24) is 14.7 Å². The summed E-state index contributed by atoms with van der Waals surface area (Å²) in [7, 11) is 0. The van der Waals surface area contributed by atoms with Crippen LogP contribution in [-0.2, 0) is 11.2 Å². The van der Waals surface area contributed by atoms with Crippen molar-refractivity contribution in [2.24, 2.45) is 5.92 Å². The van der Waals surface area contributed by atoms with Gasteiger partial charge in [0, 0.05) is 24.4 Å². The van der Waals surface area contributed by atoms with Crippen LogP contribution in [0.25, 0.3) is 5.52 Å². The molecule has 4 rings (SSSR count). The molecule has 0 aliphatic carbocycles. The molecule has 150 valence electrons. The Labute approximate surface area is 167 Å². The lowest BCUT2D eigenvalue weighted by Crippen LogP contribution is -2.33. The van der Waals surface area contributed by atoms with E-state index in [2.05, 4.69) is 29.5 Å². The smallest absolute Gasteiger partial charge is 0.272 e. The fourth-order valence-corrected chi connectivity index (χ4v) is 3.20. The molecule has 1 aliphatic rings. The van der Waals surface area contributed by atoms with Crippen molar-refractivity contribution < 1.29 is 19.1 Å². The Morgan fingerprint density at radius 1 is 1.17 bits per heavy atom. The number of carbonyl (C=O) groups excluding carboxylic acids is 2. The zero-order chi connectivity index (χ0) is 20.4. The van der Waals surface area contributed by atoms with Gasteiger partial charge in [0.2, 0.25) is 12.7 Å². The van der Waals surface area contributed by atoms with E-state index in [9.17, 15) is 9.59 Å². The first-order valence-corrected chi connectivity index (χ1v) is 9.45. The van der Waals surface area contributed by atoms with E-state index in [-0.39, 0.29) is 25.2 Å². The van der Waals surface area contributed by atoms with Crippen LogP contribution < -0.4 is 20.1 Å². The van der Waals surface area contributed by atoms with Gasteiger partial charge in [0.15, 0.2) is 17.2 Å². The number of rotatable bonds is 6. The average molecular weight is 394 g/mol. The van der Waals surface area contributed by atoms with Crippen LogP contribution in [0, 0.1) is 5.92 Å². The van der Waals surface area contributed by atoms with E-state index in [0.717, 1.165) is 17.8 Å². The number of carbonyl (C=O) groups is 2. The predicted molar refractivity (Wildman–Crippen MR) is 107 cm³/mol. The molecular weight excluding hydrogens is 372 g/mol. The molecule has 0 saturated heterocycles. The van der Waals surface area contributed by atoms with E-state index in [1.165, 1.54) is 0 Å². The van der Waals surface area contributed by atoms with Crippen LogP contribution in [0.2, 0.25) is 0 Å². The van der Waals surface area contributed by atoms with Gasteiger partial charge < -0.3 is 24.5 Å². The summed E-state index contributed by atoms with van der Waals surface area (Å²) in [4.78, 5) is 29.4. The van der Waals surface area contributed by atoms with Gasteiger partial charge in [-0.25, -0.2) is 4.98 Å². The highest BCUT2D eigenvalue weighted by Crippen LogP contribution is 2.34. The minimum atomic E-state index is -0.385. The predicted octanol–water partition coefficient (Wildman–Crippen LogP) is 2.63. The topological polar surface area (TPSA) is 94.0 Å². The third-order valence-corrected chi connectivity index (χ3v) is 4.49. The van der Waals surface area contributed by atoms with Crippen molar-refractivity contribution in [3.63, 3.8) is 0 Å². The van der Waals surface area contributed by atoms with E-state index in [4.69, 9.17) is 9.47 Å². The van der Waals surface area contributed by atoms with Gasteiger partial charge in [-0.2, -0.15) is 0 Å². The summed E-state index contributed by atoms with van der Waals surface area (Å²) in [5.41, 5.74) is 1.61. The zero-order valence-corrected chi connectivity index (χ0v) is 16.3. The van der Waals surface area contributed by atoms with Gasteiger partial charge >= 0.3 is 0 Å². The number of nitrogens with zero attached hydrogens (tertiary/aromatic N) is 2. The van der Waals surface area contributed by atoms with Crippen LogP contribution in [0.3, 0.4) is 0 Å². The number of amides is 2. The van der Waals surface area contributed by atoms with Gasteiger partial charge in [0.1, 0.15) is 5.82 Å². The summed E-state index contributed by atoms with van der Waals surface area (Å²) in [5, 5.41) is 5.38. The van der Waals surface area contributed by atoms with Crippen LogP contribution in [0.4, 0.5) is 5.69 Å². The molecule has 29 heavy (non-hydrogen) atoms. The zero-order valence-electron chi connectivity index (χ0n) is 16.3. The lowest BCUT2D eigenvalue weighted by atomic mass is 10.1. The van der Waals surface area contributed by atoms with E-state index in [1.54, 1.807) is 18.2 Å². The Balaban J connectivity index is 1.42. The summed E-state index contributed by atoms with van der Waals surface area (Å²) >= 11 is 0. The molecule has 2 aromatic heterocycles. The number of hydrogen-bond donors (Lipinski definition) is 2. The molecule has 0 radical (unpaired) electrons. The van der Waals surface area contributed by atoms with Crippen molar-refractivity contribution in [1.29, 1.82) is 0 Å². The summed E-state index contributed by atoms with van der Waals surface area (Å²) in [6.45, 7) is 4.20. The van der Waals surface area contributed by atoms with Crippen molar-refractivity contribution in [3.8, 4) is 11.5 Å². The number of nitrogens with one attached hydrogen (secondary N) is 2. The molecule has 1 aliphatic heterocycles. The van der Waals surface area contributed by atoms with E-state index in [0.29, 0.717) is 28.8 Å². The number of aromatic nitrogens is 2. The molecule has 2 amide bonds. The SMILES string of the molecule is CC(C)Cc1nc(C(=O)NCC(=O)Nc2ccc3c(c2)OCO3)c2ccccn12. The monoisotopic (exact) mass is 394 g/mol. The molecule has 0 bridgehead atoms. The van der Waals surface area contributed by atoms with Crippen LogP contribution in [-0.4, -0.2) is 34.5 Å². The van der Waals surface area contributed by atoms with Gasteiger partial charge in [0.05, 0.1) is 12.1 Å². The number of ether oxygens (including phenoxy) is 2. The molecular formula is C21H22N4O4. The summed E-state index contributed by atoms with van der Waals surface area (Å²) in [5.74, 6) is 1.72. The number of benzene rings is 1. The number of hydrogen-bond acceptors (Lipinski definition) is 5. The van der Waals surface area contributed by atoms with Crippen LogP contribution >= 0.6 is 0 Å². The van der Waals surface area contributed by atoms with Gasteiger partial charge in [-0.3, -0.25) is 9.59 Å². The lowest BCUT2D eigenvalue weighted by molar-refractivity contribution is -0.115. The Hall–Kier alpha value is -3.55.